The van der Waals surface area contributed by atoms with Crippen molar-refractivity contribution in [3.63, 3.8) is 0 Å². The zero-order valence-electron chi connectivity index (χ0n) is 10.3. The van der Waals surface area contributed by atoms with Crippen molar-refractivity contribution >= 4 is 40.8 Å². The van der Waals surface area contributed by atoms with Gasteiger partial charge in [0.2, 0.25) is 0 Å². The van der Waals surface area contributed by atoms with Crippen LogP contribution in [0, 0.1) is 0 Å². The molecule has 0 atom stereocenters. The van der Waals surface area contributed by atoms with E-state index in [1.54, 1.807) is 0 Å². The monoisotopic (exact) mass is 326 g/mol. The third-order valence-electron chi connectivity index (χ3n) is 2.57. The van der Waals surface area contributed by atoms with Crippen molar-refractivity contribution in [1.29, 1.82) is 0 Å². The number of nitrogens with one attached hydrogen (secondary N) is 1. The summed E-state index contributed by atoms with van der Waals surface area (Å²) in [4.78, 5) is 26.6. The van der Waals surface area contributed by atoms with Crippen LogP contribution in [0.4, 0.5) is 5.69 Å². The number of hydrogen-bond acceptors (Lipinski definition) is 4. The first-order valence-electron chi connectivity index (χ1n) is 5.58. The summed E-state index contributed by atoms with van der Waals surface area (Å²) in [5.41, 5.74) is -0.240. The molecule has 0 fully saturated rings. The van der Waals surface area contributed by atoms with E-state index in [2.05, 4.69) is 10.3 Å². The van der Waals surface area contributed by atoms with Crippen molar-refractivity contribution < 1.29 is 19.8 Å². The Morgan fingerprint density at radius 1 is 1.24 bits per heavy atom. The molecule has 2 rings (SSSR count). The molecular formula is C13H8Cl2N2O4. The van der Waals surface area contributed by atoms with Crippen LogP contribution in [0.15, 0.2) is 30.5 Å². The van der Waals surface area contributed by atoms with Crippen LogP contribution in [-0.2, 0) is 0 Å². The third-order valence-corrected chi connectivity index (χ3v) is 3.26. The van der Waals surface area contributed by atoms with E-state index >= 15 is 0 Å². The van der Waals surface area contributed by atoms with E-state index in [1.807, 2.05) is 0 Å². The number of halogens is 2. The van der Waals surface area contributed by atoms with E-state index < -0.39 is 17.6 Å². The van der Waals surface area contributed by atoms with Gasteiger partial charge < -0.3 is 15.5 Å². The smallest absolute Gasteiger partial charge is 0.339 e. The summed E-state index contributed by atoms with van der Waals surface area (Å²) in [5, 5.41) is 21.2. The van der Waals surface area contributed by atoms with E-state index in [0.717, 1.165) is 0 Å². The van der Waals surface area contributed by atoms with Gasteiger partial charge in [-0.15, -0.1) is 0 Å². The summed E-state index contributed by atoms with van der Waals surface area (Å²) in [6.07, 6.45) is 1.21. The molecule has 1 amide bonds. The quantitative estimate of drug-likeness (QED) is 0.594. The van der Waals surface area contributed by atoms with Crippen LogP contribution in [0.2, 0.25) is 10.2 Å². The predicted octanol–water partition coefficient (Wildman–Crippen LogP) is 3.04. The summed E-state index contributed by atoms with van der Waals surface area (Å²) < 4.78 is 0. The van der Waals surface area contributed by atoms with Crippen LogP contribution in [0.1, 0.15) is 20.7 Å². The second-order valence-corrected chi connectivity index (χ2v) is 4.72. The Morgan fingerprint density at radius 3 is 2.57 bits per heavy atom. The Balaban J connectivity index is 2.29. The number of hydrogen-bond donors (Lipinski definition) is 3. The number of nitrogens with zero attached hydrogens (tertiary/aromatic N) is 1. The molecule has 0 aliphatic rings. The lowest BCUT2D eigenvalue weighted by molar-refractivity contribution is 0.0693. The van der Waals surface area contributed by atoms with Crippen LogP contribution in [0.3, 0.4) is 0 Å². The highest BCUT2D eigenvalue weighted by atomic mass is 35.5. The molecule has 0 spiro atoms. The summed E-state index contributed by atoms with van der Waals surface area (Å²) in [7, 11) is 0. The van der Waals surface area contributed by atoms with Gasteiger partial charge in [-0.05, 0) is 18.2 Å². The number of aromatic hydroxyl groups is 1. The van der Waals surface area contributed by atoms with Gasteiger partial charge >= 0.3 is 5.97 Å². The summed E-state index contributed by atoms with van der Waals surface area (Å²) in [6.45, 7) is 0. The van der Waals surface area contributed by atoms with Crippen LogP contribution >= 0.6 is 23.2 Å². The zero-order valence-corrected chi connectivity index (χ0v) is 11.8. The van der Waals surface area contributed by atoms with Crippen molar-refractivity contribution in [2.45, 2.75) is 0 Å². The van der Waals surface area contributed by atoms with Gasteiger partial charge in [-0.25, -0.2) is 9.78 Å². The number of carbonyl (C=O) groups excluding carboxylic acids is 1. The van der Waals surface area contributed by atoms with Gasteiger partial charge in [-0.2, -0.15) is 0 Å². The van der Waals surface area contributed by atoms with Crippen LogP contribution < -0.4 is 5.32 Å². The molecule has 6 nitrogen and oxygen atoms in total. The van der Waals surface area contributed by atoms with E-state index in [-0.39, 0.29) is 27.0 Å². The van der Waals surface area contributed by atoms with E-state index in [4.69, 9.17) is 28.3 Å². The second-order valence-electron chi connectivity index (χ2n) is 3.96. The molecule has 1 aromatic carbocycles. The van der Waals surface area contributed by atoms with Crippen LogP contribution in [0.5, 0.6) is 5.75 Å². The number of carboxylic acids is 1. The fourth-order valence-electron chi connectivity index (χ4n) is 1.56. The molecule has 0 bridgehead atoms. The normalized spacial score (nSPS) is 10.2. The van der Waals surface area contributed by atoms with E-state index in [1.165, 1.54) is 30.5 Å². The van der Waals surface area contributed by atoms with Gasteiger partial charge in [0.05, 0.1) is 16.3 Å². The third kappa shape index (κ3) is 3.24. The van der Waals surface area contributed by atoms with Crippen molar-refractivity contribution in [3.8, 4) is 5.75 Å². The highest BCUT2D eigenvalue weighted by molar-refractivity contribution is 6.41. The average molecular weight is 327 g/mol. The number of para-hydroxylation sites is 1. The van der Waals surface area contributed by atoms with Gasteiger partial charge in [-0.3, -0.25) is 4.79 Å². The van der Waals surface area contributed by atoms with Crippen LogP contribution in [-0.4, -0.2) is 27.1 Å². The number of carbonyl (C=O) groups is 2. The Morgan fingerprint density at radius 2 is 1.95 bits per heavy atom. The number of benzene rings is 1. The lowest BCUT2D eigenvalue weighted by Crippen LogP contribution is -2.13. The number of phenols is 1. The number of aromatic nitrogens is 1. The fourth-order valence-corrected chi connectivity index (χ4v) is 1.83. The van der Waals surface area contributed by atoms with Crippen molar-refractivity contribution in [2.75, 3.05) is 5.32 Å². The van der Waals surface area contributed by atoms with Crippen molar-refractivity contribution in [3.05, 3.63) is 51.8 Å². The molecule has 21 heavy (non-hydrogen) atoms. The fraction of sp³-hybridized carbons (Fsp3) is 0. The first-order chi connectivity index (χ1) is 9.90. The minimum absolute atomic E-state index is 0.0361. The molecule has 2 aromatic rings. The Bertz CT molecular complexity index is 734. The van der Waals surface area contributed by atoms with Gasteiger partial charge in [-0.1, -0.05) is 29.3 Å². The van der Waals surface area contributed by atoms with Crippen molar-refractivity contribution in [2.24, 2.45) is 0 Å². The zero-order chi connectivity index (χ0) is 15.6. The minimum atomic E-state index is -1.31. The first kappa shape index (κ1) is 15.1. The number of pyridine rings is 1. The molecule has 108 valence electrons. The molecule has 0 radical (unpaired) electrons. The maximum absolute atomic E-state index is 12.0. The largest absolute Gasteiger partial charge is 0.505 e. The summed E-state index contributed by atoms with van der Waals surface area (Å²) in [6, 6.07) is 5.29. The van der Waals surface area contributed by atoms with Gasteiger partial charge in [0.25, 0.3) is 5.91 Å². The van der Waals surface area contributed by atoms with Gasteiger partial charge in [0, 0.05) is 6.20 Å². The molecule has 0 saturated heterocycles. The Hall–Kier alpha value is -2.31. The molecule has 8 heteroatoms. The summed E-state index contributed by atoms with van der Waals surface area (Å²) in [5.74, 6) is -2.45. The maximum atomic E-state index is 12.0. The van der Waals surface area contributed by atoms with E-state index in [0.29, 0.717) is 0 Å². The lowest BCUT2D eigenvalue weighted by Gasteiger charge is -2.09. The molecule has 1 aromatic heterocycles. The first-order valence-corrected chi connectivity index (χ1v) is 6.33. The minimum Gasteiger partial charge on any atom is -0.505 e. The molecule has 0 aliphatic heterocycles. The highest BCUT2D eigenvalue weighted by Crippen LogP contribution is 2.28. The lowest BCUT2D eigenvalue weighted by atomic mass is 10.1. The van der Waals surface area contributed by atoms with Crippen molar-refractivity contribution in [1.82, 2.24) is 4.98 Å². The number of carboxylic acid groups (broad SMARTS) is 1. The molecule has 0 saturated carbocycles. The number of amides is 1. The molecule has 3 N–H and O–H groups in total. The summed E-state index contributed by atoms with van der Waals surface area (Å²) >= 11 is 11.4. The molecule has 1 heterocycles. The van der Waals surface area contributed by atoms with E-state index in [9.17, 15) is 14.7 Å². The van der Waals surface area contributed by atoms with Gasteiger partial charge in [0.15, 0.2) is 5.75 Å². The SMILES string of the molecule is O=C(Nc1cccc(C(=O)O)c1O)c1cnc(Cl)c(Cl)c1. The number of rotatable bonds is 3. The number of anilines is 1. The predicted molar refractivity (Wildman–Crippen MR) is 77.3 cm³/mol. The molecule has 0 unspecified atom stereocenters. The topological polar surface area (TPSA) is 99.5 Å². The Labute approximate surface area is 129 Å². The highest BCUT2D eigenvalue weighted by Gasteiger charge is 2.16. The molecular weight excluding hydrogens is 319 g/mol. The maximum Gasteiger partial charge on any atom is 0.339 e. The second kappa shape index (κ2) is 5.99. The number of aromatic carboxylic acids is 1. The van der Waals surface area contributed by atoms with Gasteiger partial charge in [0.1, 0.15) is 10.7 Å². The Kier molecular flexibility index (Phi) is 4.30. The average Bonchev–Trinajstić information content (AvgIpc) is 2.43. The molecule has 0 aliphatic carbocycles. The van der Waals surface area contributed by atoms with Crippen LogP contribution in [0.25, 0.3) is 0 Å². The standard InChI is InChI=1S/C13H8Cl2N2O4/c14-8-4-6(5-16-11(8)15)12(19)17-9-3-1-2-7(10(9)18)13(20)21/h1-5,18H,(H,17,19)(H,20,21).